The van der Waals surface area contributed by atoms with Gasteiger partial charge in [0.15, 0.2) is 5.16 Å². The van der Waals surface area contributed by atoms with Crippen LogP contribution in [0.25, 0.3) is 11.1 Å². The van der Waals surface area contributed by atoms with Crippen molar-refractivity contribution < 1.29 is 14.3 Å². The zero-order valence-electron chi connectivity index (χ0n) is 17.0. The Morgan fingerprint density at radius 3 is 2.67 bits per heavy atom. The molecule has 0 atom stereocenters. The predicted octanol–water partition coefficient (Wildman–Crippen LogP) is 4.25. The molecule has 1 saturated carbocycles. The predicted molar refractivity (Wildman–Crippen MR) is 118 cm³/mol. The number of amides is 1. The molecule has 30 heavy (non-hydrogen) atoms. The third kappa shape index (κ3) is 4.13. The summed E-state index contributed by atoms with van der Waals surface area (Å²) in [6, 6.07) is 9.63. The molecule has 7 nitrogen and oxygen atoms in total. The molecule has 1 fully saturated rings. The maximum Gasteiger partial charge on any atom is 0.341 e. The largest absolute Gasteiger partial charge is 0.465 e. The number of nitrogens with one attached hydrogen (secondary N) is 1. The molecule has 2 heterocycles. The van der Waals surface area contributed by atoms with Crippen LogP contribution < -0.4 is 5.32 Å². The quantitative estimate of drug-likeness (QED) is 0.435. The van der Waals surface area contributed by atoms with E-state index in [9.17, 15) is 9.59 Å². The van der Waals surface area contributed by atoms with Gasteiger partial charge in [-0.2, -0.15) is 0 Å². The van der Waals surface area contributed by atoms with Gasteiger partial charge in [0.2, 0.25) is 5.91 Å². The molecule has 9 heteroatoms. The maximum atomic E-state index is 12.6. The number of thioether (sulfide) groups is 1. The van der Waals surface area contributed by atoms with Gasteiger partial charge in [0.25, 0.3) is 0 Å². The molecule has 0 radical (unpaired) electrons. The van der Waals surface area contributed by atoms with Gasteiger partial charge in [-0.05, 0) is 25.3 Å². The summed E-state index contributed by atoms with van der Waals surface area (Å²) in [6.07, 6.45) is 2.30. The number of anilines is 1. The minimum absolute atomic E-state index is 0.175. The van der Waals surface area contributed by atoms with Crippen LogP contribution in [-0.4, -0.2) is 39.5 Å². The van der Waals surface area contributed by atoms with Crippen LogP contribution in [0.3, 0.4) is 0 Å². The van der Waals surface area contributed by atoms with Crippen molar-refractivity contribution in [3.8, 4) is 11.1 Å². The molecule has 0 aliphatic heterocycles. The number of hydrogen-bond donors (Lipinski definition) is 1. The lowest BCUT2D eigenvalue weighted by Gasteiger charge is -2.08. The summed E-state index contributed by atoms with van der Waals surface area (Å²) in [6.45, 7) is 1.93. The van der Waals surface area contributed by atoms with E-state index in [1.54, 1.807) is 0 Å². The van der Waals surface area contributed by atoms with Crippen LogP contribution in [0, 0.1) is 6.92 Å². The number of carbonyl (C=O) groups is 2. The number of aryl methyl sites for hydroxylation is 1. The highest BCUT2D eigenvalue weighted by Crippen LogP contribution is 2.41. The first-order chi connectivity index (χ1) is 14.5. The van der Waals surface area contributed by atoms with Crippen LogP contribution in [0.5, 0.6) is 0 Å². The Bertz CT molecular complexity index is 1090. The van der Waals surface area contributed by atoms with Crippen LogP contribution in [0.2, 0.25) is 0 Å². The van der Waals surface area contributed by atoms with E-state index in [0.717, 1.165) is 34.7 Å². The Morgan fingerprint density at radius 2 is 2.00 bits per heavy atom. The molecule has 1 aliphatic carbocycles. The third-order valence-corrected chi connectivity index (χ3v) is 6.97. The van der Waals surface area contributed by atoms with Gasteiger partial charge in [0.1, 0.15) is 16.4 Å². The molecule has 3 aromatic rings. The molecule has 1 N–H and O–H groups in total. The average molecular weight is 443 g/mol. The standard InChI is InChI=1S/C21H22N4O3S2/c1-12-16(13-7-5-4-6-8-13)17(20(27)28-3)19(30-12)22-15(26)11-29-21-24-23-18(25(21)2)14-9-10-14/h4-8,14H,9-11H2,1-3H3,(H,22,26). The summed E-state index contributed by atoms with van der Waals surface area (Å²) in [5, 5.41) is 12.5. The molecular formula is C21H22N4O3S2. The molecule has 0 spiro atoms. The monoisotopic (exact) mass is 442 g/mol. The van der Waals surface area contributed by atoms with Gasteiger partial charge in [0, 0.05) is 23.4 Å². The van der Waals surface area contributed by atoms with Gasteiger partial charge in [-0.15, -0.1) is 21.5 Å². The number of thiophene rings is 1. The molecular weight excluding hydrogens is 420 g/mol. The van der Waals surface area contributed by atoms with E-state index in [-0.39, 0.29) is 11.7 Å². The number of hydrogen-bond acceptors (Lipinski definition) is 7. The van der Waals surface area contributed by atoms with Gasteiger partial charge in [0.05, 0.1) is 12.9 Å². The van der Waals surface area contributed by atoms with Crippen LogP contribution in [-0.2, 0) is 16.6 Å². The van der Waals surface area contributed by atoms with E-state index in [1.807, 2.05) is 48.9 Å². The number of aromatic nitrogens is 3. The lowest BCUT2D eigenvalue weighted by atomic mass is 10.0. The van der Waals surface area contributed by atoms with Gasteiger partial charge < -0.3 is 14.6 Å². The highest BCUT2D eigenvalue weighted by atomic mass is 32.2. The summed E-state index contributed by atoms with van der Waals surface area (Å²) < 4.78 is 6.96. The Balaban J connectivity index is 1.52. The van der Waals surface area contributed by atoms with Crippen molar-refractivity contribution in [2.75, 3.05) is 18.2 Å². The van der Waals surface area contributed by atoms with E-state index in [0.29, 0.717) is 21.6 Å². The van der Waals surface area contributed by atoms with Gasteiger partial charge in [-0.1, -0.05) is 42.1 Å². The van der Waals surface area contributed by atoms with Gasteiger partial charge in [-0.25, -0.2) is 4.79 Å². The lowest BCUT2D eigenvalue weighted by Crippen LogP contribution is -2.16. The molecule has 156 valence electrons. The Morgan fingerprint density at radius 1 is 1.27 bits per heavy atom. The summed E-state index contributed by atoms with van der Waals surface area (Å²) in [4.78, 5) is 26.1. The second-order valence-electron chi connectivity index (χ2n) is 7.11. The lowest BCUT2D eigenvalue weighted by molar-refractivity contribution is -0.113. The Hall–Kier alpha value is -2.65. The molecule has 1 aliphatic rings. The van der Waals surface area contributed by atoms with E-state index in [2.05, 4.69) is 15.5 Å². The Kier molecular flexibility index (Phi) is 5.92. The number of nitrogens with zero attached hydrogens (tertiary/aromatic N) is 3. The number of carbonyl (C=O) groups excluding carboxylic acids is 2. The SMILES string of the molecule is COC(=O)c1c(NC(=O)CSc2nnc(C3CC3)n2C)sc(C)c1-c1ccccc1. The van der Waals surface area contributed by atoms with Crippen molar-refractivity contribution >= 4 is 40.0 Å². The second kappa shape index (κ2) is 8.61. The van der Waals surface area contributed by atoms with Crippen LogP contribution in [0.15, 0.2) is 35.5 Å². The fourth-order valence-electron chi connectivity index (χ4n) is 3.32. The Labute approximate surface area is 182 Å². The molecule has 4 rings (SSSR count). The normalized spacial score (nSPS) is 13.3. The number of benzene rings is 1. The van der Waals surface area contributed by atoms with Crippen LogP contribution >= 0.6 is 23.1 Å². The van der Waals surface area contributed by atoms with Gasteiger partial charge >= 0.3 is 5.97 Å². The minimum atomic E-state index is -0.469. The fraction of sp³-hybridized carbons (Fsp3) is 0.333. The van der Waals surface area contributed by atoms with Crippen molar-refractivity contribution in [3.63, 3.8) is 0 Å². The van der Waals surface area contributed by atoms with Crippen molar-refractivity contribution in [1.82, 2.24) is 14.8 Å². The summed E-state index contributed by atoms with van der Waals surface area (Å²) in [5.74, 6) is 0.978. The molecule has 2 aromatic heterocycles. The molecule has 0 unspecified atom stereocenters. The smallest absolute Gasteiger partial charge is 0.341 e. The molecule has 0 bridgehead atoms. The van der Waals surface area contributed by atoms with E-state index in [4.69, 9.17) is 4.74 Å². The summed E-state index contributed by atoms with van der Waals surface area (Å²) in [7, 11) is 3.27. The van der Waals surface area contributed by atoms with Crippen molar-refractivity contribution in [2.24, 2.45) is 7.05 Å². The van der Waals surface area contributed by atoms with E-state index in [1.165, 1.54) is 30.2 Å². The summed E-state index contributed by atoms with van der Waals surface area (Å²) in [5.41, 5.74) is 2.09. The second-order valence-corrected chi connectivity index (χ2v) is 9.27. The minimum Gasteiger partial charge on any atom is -0.465 e. The zero-order chi connectivity index (χ0) is 21.3. The molecule has 1 aromatic carbocycles. The van der Waals surface area contributed by atoms with E-state index >= 15 is 0 Å². The average Bonchev–Trinajstić information content (AvgIpc) is 3.45. The first-order valence-corrected chi connectivity index (χ1v) is 11.4. The molecule has 0 saturated heterocycles. The number of ether oxygens (including phenoxy) is 1. The summed E-state index contributed by atoms with van der Waals surface area (Å²) >= 11 is 2.71. The van der Waals surface area contributed by atoms with Crippen LogP contribution in [0.1, 0.15) is 39.8 Å². The van der Waals surface area contributed by atoms with Crippen LogP contribution in [0.4, 0.5) is 5.00 Å². The highest BCUT2D eigenvalue weighted by Gasteiger charge is 2.29. The molecule has 1 amide bonds. The number of rotatable bonds is 7. The van der Waals surface area contributed by atoms with Crippen molar-refractivity contribution in [3.05, 3.63) is 46.6 Å². The first kappa shape index (κ1) is 20.6. The van der Waals surface area contributed by atoms with E-state index < -0.39 is 5.97 Å². The highest BCUT2D eigenvalue weighted by molar-refractivity contribution is 7.99. The fourth-order valence-corrected chi connectivity index (χ4v) is 5.12. The number of methoxy groups -OCH3 is 1. The van der Waals surface area contributed by atoms with Gasteiger partial charge in [-0.3, -0.25) is 4.79 Å². The maximum absolute atomic E-state index is 12.6. The number of esters is 1. The topological polar surface area (TPSA) is 86.1 Å². The first-order valence-electron chi connectivity index (χ1n) is 9.58. The third-order valence-electron chi connectivity index (χ3n) is 4.93. The van der Waals surface area contributed by atoms with Crippen molar-refractivity contribution in [1.29, 1.82) is 0 Å². The zero-order valence-corrected chi connectivity index (χ0v) is 18.6. The van der Waals surface area contributed by atoms with Crippen molar-refractivity contribution in [2.45, 2.75) is 30.8 Å².